The number of fused-ring (bicyclic) bond motifs is 1. The number of nitrogens with zero attached hydrogens (tertiary/aromatic N) is 3. The number of unbranched alkanes of at least 4 members (excludes halogenated alkanes) is 2. The number of carboxylic acids is 1. The fourth-order valence-electron chi connectivity index (χ4n) is 5.83. The molecule has 0 spiro atoms. The molecular formula is C30H43FN4O3. The number of ether oxygens (including phenoxy) is 1. The van der Waals surface area contributed by atoms with Crippen molar-refractivity contribution in [2.45, 2.75) is 76.8 Å². The third kappa shape index (κ3) is 6.46. The number of pyridine rings is 1. The number of anilines is 1. The van der Waals surface area contributed by atoms with Crippen molar-refractivity contribution >= 4 is 11.8 Å². The van der Waals surface area contributed by atoms with Gasteiger partial charge in [0.2, 0.25) is 0 Å². The summed E-state index contributed by atoms with van der Waals surface area (Å²) in [6.07, 6.45) is 7.43. The molecular weight excluding hydrogens is 483 g/mol. The predicted molar refractivity (Wildman–Crippen MR) is 149 cm³/mol. The van der Waals surface area contributed by atoms with Gasteiger partial charge in [-0.15, -0.1) is 0 Å². The smallest absolute Gasteiger partial charge is 0.325 e. The van der Waals surface area contributed by atoms with Crippen LogP contribution in [0.15, 0.2) is 24.3 Å². The zero-order chi connectivity index (χ0) is 27.2. The fraction of sp³-hybridized carbons (Fsp3) is 0.600. The molecule has 2 aromatic rings. The van der Waals surface area contributed by atoms with Gasteiger partial charge in [0.25, 0.3) is 0 Å². The van der Waals surface area contributed by atoms with E-state index in [0.717, 1.165) is 63.1 Å². The van der Waals surface area contributed by atoms with E-state index in [-0.39, 0.29) is 17.5 Å². The predicted octanol–water partition coefficient (Wildman–Crippen LogP) is 5.26. The topological polar surface area (TPSA) is 77.9 Å². The van der Waals surface area contributed by atoms with Gasteiger partial charge in [-0.25, -0.2) is 9.37 Å². The molecule has 2 N–H and O–H groups in total. The molecule has 2 aliphatic rings. The lowest BCUT2D eigenvalue weighted by molar-refractivity contribution is -0.143. The summed E-state index contributed by atoms with van der Waals surface area (Å²) < 4.78 is 21.0. The Morgan fingerprint density at radius 3 is 2.82 bits per heavy atom. The number of hydrogen-bond donors (Lipinski definition) is 2. The van der Waals surface area contributed by atoms with Crippen LogP contribution in [0.1, 0.15) is 80.3 Å². The van der Waals surface area contributed by atoms with E-state index in [1.54, 1.807) is 12.1 Å². The first kappa shape index (κ1) is 28.3. The Morgan fingerprint density at radius 1 is 1.26 bits per heavy atom. The number of hydrogen-bond acceptors (Lipinski definition) is 6. The highest BCUT2D eigenvalue weighted by Gasteiger charge is 2.38. The van der Waals surface area contributed by atoms with E-state index in [2.05, 4.69) is 29.4 Å². The Kier molecular flexibility index (Phi) is 9.60. The van der Waals surface area contributed by atoms with Crippen LogP contribution in [0.5, 0.6) is 5.75 Å². The van der Waals surface area contributed by atoms with Crippen LogP contribution in [0.2, 0.25) is 0 Å². The van der Waals surface area contributed by atoms with Crippen LogP contribution < -0.4 is 10.1 Å². The molecule has 1 saturated heterocycles. The van der Waals surface area contributed by atoms with E-state index in [9.17, 15) is 9.90 Å². The Balaban J connectivity index is 1.30. The summed E-state index contributed by atoms with van der Waals surface area (Å²) in [7, 11) is 3.58. The first-order chi connectivity index (χ1) is 18.3. The van der Waals surface area contributed by atoms with Crippen LogP contribution in [0.3, 0.4) is 0 Å². The van der Waals surface area contributed by atoms with Gasteiger partial charge >= 0.3 is 5.97 Å². The second-order valence-corrected chi connectivity index (χ2v) is 11.0. The minimum Gasteiger partial charge on any atom is -0.496 e. The largest absolute Gasteiger partial charge is 0.496 e. The van der Waals surface area contributed by atoms with Crippen LogP contribution in [0.4, 0.5) is 10.2 Å². The van der Waals surface area contributed by atoms with E-state index in [1.165, 1.54) is 19.1 Å². The minimum absolute atomic E-state index is 0.0498. The molecule has 1 unspecified atom stereocenters. The summed E-state index contributed by atoms with van der Waals surface area (Å²) in [5.41, 5.74) is 3.13. The van der Waals surface area contributed by atoms with Gasteiger partial charge in [0.1, 0.15) is 23.4 Å². The molecule has 7 nitrogen and oxygen atoms in total. The van der Waals surface area contributed by atoms with E-state index in [1.807, 2.05) is 18.7 Å². The number of likely N-dealkylation sites (tertiary alicyclic amines) is 1. The molecule has 1 aromatic heterocycles. The molecule has 0 saturated carbocycles. The van der Waals surface area contributed by atoms with Crippen molar-refractivity contribution in [3.05, 3.63) is 52.5 Å². The lowest BCUT2D eigenvalue weighted by atomic mass is 9.95. The van der Waals surface area contributed by atoms with Crippen LogP contribution in [-0.2, 0) is 17.6 Å². The zero-order valence-electron chi connectivity index (χ0n) is 23.3. The fourth-order valence-corrected chi connectivity index (χ4v) is 5.83. The Hall–Kier alpha value is -2.71. The molecule has 8 heteroatoms. The number of likely N-dealkylation sites (N-methyl/N-ethyl adjacent to an activating group) is 1. The molecule has 4 rings (SSSR count). The normalized spacial score (nSPS) is 18.4. The summed E-state index contributed by atoms with van der Waals surface area (Å²) in [4.78, 5) is 21.4. The molecule has 2 aliphatic heterocycles. The zero-order valence-corrected chi connectivity index (χ0v) is 23.3. The number of aromatic nitrogens is 1. The Labute approximate surface area is 226 Å². The van der Waals surface area contributed by atoms with Gasteiger partial charge < -0.3 is 20.1 Å². The van der Waals surface area contributed by atoms with Crippen molar-refractivity contribution in [1.29, 1.82) is 0 Å². The molecule has 0 amide bonds. The molecule has 2 atom stereocenters. The molecule has 38 heavy (non-hydrogen) atoms. The quantitative estimate of drug-likeness (QED) is 0.366. The van der Waals surface area contributed by atoms with Crippen LogP contribution in [0.25, 0.3) is 0 Å². The monoisotopic (exact) mass is 526 g/mol. The number of methoxy groups -OCH3 is 1. The molecule has 1 aromatic carbocycles. The number of halogens is 1. The van der Waals surface area contributed by atoms with Crippen molar-refractivity contribution in [2.75, 3.05) is 45.7 Å². The lowest BCUT2D eigenvalue weighted by Crippen LogP contribution is -2.38. The molecule has 0 radical (unpaired) electrons. The van der Waals surface area contributed by atoms with Crippen LogP contribution in [0, 0.1) is 5.82 Å². The third-order valence-electron chi connectivity index (χ3n) is 8.10. The van der Waals surface area contributed by atoms with Crippen molar-refractivity contribution in [1.82, 2.24) is 14.8 Å². The highest BCUT2D eigenvalue weighted by atomic mass is 19.1. The van der Waals surface area contributed by atoms with Gasteiger partial charge in [-0.05, 0) is 81.3 Å². The van der Waals surface area contributed by atoms with Gasteiger partial charge in [-0.1, -0.05) is 32.4 Å². The van der Waals surface area contributed by atoms with E-state index in [4.69, 9.17) is 9.72 Å². The first-order valence-electron chi connectivity index (χ1n) is 14.1. The molecule has 1 fully saturated rings. The van der Waals surface area contributed by atoms with Crippen molar-refractivity contribution in [3.8, 4) is 5.75 Å². The SMILES string of the molecule is COc1ccc(C(C)C)c(F)c1C(C(=O)O)N1CC[C@@H](N(C)CCCCCc2ccc3c(n2)NCCC3)C1. The average Bonchev–Trinajstić information content (AvgIpc) is 3.38. The highest BCUT2D eigenvalue weighted by Crippen LogP contribution is 2.37. The van der Waals surface area contributed by atoms with Gasteiger partial charge in [0, 0.05) is 31.4 Å². The summed E-state index contributed by atoms with van der Waals surface area (Å²) in [6.45, 7) is 6.98. The van der Waals surface area contributed by atoms with Crippen molar-refractivity contribution < 1.29 is 19.0 Å². The number of aryl methyl sites for hydroxylation is 2. The maximum atomic E-state index is 15.5. The number of benzene rings is 1. The van der Waals surface area contributed by atoms with E-state index in [0.29, 0.717) is 24.4 Å². The second-order valence-electron chi connectivity index (χ2n) is 11.0. The Bertz CT molecular complexity index is 1110. The molecule has 0 bridgehead atoms. The number of rotatable bonds is 12. The first-order valence-corrected chi connectivity index (χ1v) is 14.1. The number of carboxylic acid groups (broad SMARTS) is 1. The van der Waals surface area contributed by atoms with Crippen LogP contribution in [-0.4, -0.2) is 72.2 Å². The molecule has 208 valence electrons. The summed E-state index contributed by atoms with van der Waals surface area (Å²) >= 11 is 0. The molecule has 3 heterocycles. The van der Waals surface area contributed by atoms with E-state index < -0.39 is 17.8 Å². The average molecular weight is 527 g/mol. The summed E-state index contributed by atoms with van der Waals surface area (Å²) in [5.74, 6) is -0.205. The van der Waals surface area contributed by atoms with Gasteiger partial charge in [0.05, 0.1) is 12.7 Å². The third-order valence-corrected chi connectivity index (χ3v) is 8.10. The molecule has 0 aliphatic carbocycles. The maximum absolute atomic E-state index is 15.5. The highest BCUT2D eigenvalue weighted by molar-refractivity contribution is 5.77. The summed E-state index contributed by atoms with van der Waals surface area (Å²) in [6, 6.07) is 6.95. The Morgan fingerprint density at radius 2 is 2.08 bits per heavy atom. The van der Waals surface area contributed by atoms with E-state index >= 15 is 4.39 Å². The second kappa shape index (κ2) is 12.9. The summed E-state index contributed by atoms with van der Waals surface area (Å²) in [5, 5.41) is 13.6. The minimum atomic E-state index is -1.07. The lowest BCUT2D eigenvalue weighted by Gasteiger charge is -2.29. The standard InChI is InChI=1S/C30H43FN4O3/c1-20(2)24-13-14-25(38-4)26(27(24)31)28(30(36)37)35-18-15-23(19-35)34(3)17-7-5-6-10-22-12-11-21-9-8-16-32-29(21)33-22/h11-14,20,23,28H,5-10,15-19H2,1-4H3,(H,32,33)(H,36,37)/t23-,28?/m1/s1. The van der Waals surface area contributed by atoms with Gasteiger partial charge in [0.15, 0.2) is 0 Å². The van der Waals surface area contributed by atoms with Crippen molar-refractivity contribution in [3.63, 3.8) is 0 Å². The van der Waals surface area contributed by atoms with Crippen molar-refractivity contribution in [2.24, 2.45) is 0 Å². The maximum Gasteiger partial charge on any atom is 0.325 e. The van der Waals surface area contributed by atoms with Gasteiger partial charge in [-0.2, -0.15) is 0 Å². The number of carbonyl (C=O) groups is 1. The van der Waals surface area contributed by atoms with Gasteiger partial charge in [-0.3, -0.25) is 9.69 Å². The number of nitrogens with one attached hydrogen (secondary N) is 1. The number of aliphatic carboxylic acids is 1. The van der Waals surface area contributed by atoms with Crippen LogP contribution >= 0.6 is 0 Å².